The van der Waals surface area contributed by atoms with Crippen molar-refractivity contribution in [2.24, 2.45) is 0 Å². The Morgan fingerprint density at radius 3 is 1.53 bits per heavy atom. The Labute approximate surface area is 119 Å². The standard InChI is InChI=1S/C6H8O7.C3H8OS2/c7-3(8)1-6(13,5(11)12)2-4(9)10;4-1-3(6)2-5/h13H,1-2H2,(H,7,8)(H,9,10)(H,11,12);3-6H,1-2H2. The van der Waals surface area contributed by atoms with Gasteiger partial charge in [0.25, 0.3) is 0 Å². The van der Waals surface area contributed by atoms with E-state index in [1.165, 1.54) is 0 Å². The predicted molar refractivity (Wildman–Crippen MR) is 70.8 cm³/mol. The van der Waals surface area contributed by atoms with Crippen LogP contribution in [0.4, 0.5) is 0 Å². The second-order valence-corrected chi connectivity index (χ2v) is 4.59. The maximum atomic E-state index is 10.3. The van der Waals surface area contributed by atoms with E-state index in [1.807, 2.05) is 0 Å². The zero-order valence-corrected chi connectivity index (χ0v) is 11.5. The van der Waals surface area contributed by atoms with E-state index in [1.54, 1.807) is 0 Å². The van der Waals surface area contributed by atoms with Crippen LogP contribution in [-0.4, -0.2) is 66.7 Å². The summed E-state index contributed by atoms with van der Waals surface area (Å²) in [6.07, 6.45) is -2.29. The molecule has 8 nitrogen and oxygen atoms in total. The molecule has 0 heterocycles. The zero-order chi connectivity index (χ0) is 15.6. The molecule has 0 radical (unpaired) electrons. The third kappa shape index (κ3) is 10.6. The predicted octanol–water partition coefficient (Wildman–Crippen LogP) is -1.04. The van der Waals surface area contributed by atoms with E-state index >= 15 is 0 Å². The summed E-state index contributed by atoms with van der Waals surface area (Å²) in [6, 6.07) is 0. The first-order valence-electron chi connectivity index (χ1n) is 4.88. The van der Waals surface area contributed by atoms with Crippen LogP contribution in [0.15, 0.2) is 0 Å². The average molecular weight is 316 g/mol. The van der Waals surface area contributed by atoms with Gasteiger partial charge in [0.2, 0.25) is 0 Å². The summed E-state index contributed by atoms with van der Waals surface area (Å²) >= 11 is 7.76. The lowest BCUT2D eigenvalue weighted by molar-refractivity contribution is -0.170. The van der Waals surface area contributed by atoms with Crippen molar-refractivity contribution in [1.29, 1.82) is 0 Å². The van der Waals surface area contributed by atoms with Crippen molar-refractivity contribution in [3.8, 4) is 0 Å². The Balaban J connectivity index is 0. The van der Waals surface area contributed by atoms with Crippen LogP contribution < -0.4 is 0 Å². The fourth-order valence-electron chi connectivity index (χ4n) is 0.772. The van der Waals surface area contributed by atoms with Gasteiger partial charge in [-0.25, -0.2) is 4.79 Å². The lowest BCUT2D eigenvalue weighted by atomic mass is 9.96. The smallest absolute Gasteiger partial charge is 0.336 e. The van der Waals surface area contributed by atoms with E-state index in [0.717, 1.165) is 0 Å². The van der Waals surface area contributed by atoms with Gasteiger partial charge in [0.15, 0.2) is 5.60 Å². The number of thiol groups is 2. The highest BCUT2D eigenvalue weighted by molar-refractivity contribution is 7.84. The zero-order valence-electron chi connectivity index (χ0n) is 9.76. The molecule has 0 saturated heterocycles. The minimum atomic E-state index is -2.74. The Morgan fingerprint density at radius 1 is 1.05 bits per heavy atom. The molecular weight excluding hydrogens is 300 g/mol. The third-order valence-corrected chi connectivity index (χ3v) is 2.78. The molecule has 0 aliphatic carbocycles. The maximum absolute atomic E-state index is 10.3. The summed E-state index contributed by atoms with van der Waals surface area (Å²) in [5, 5.41) is 42.1. The van der Waals surface area contributed by atoms with E-state index < -0.39 is 36.4 Å². The van der Waals surface area contributed by atoms with Gasteiger partial charge in [-0.2, -0.15) is 25.3 Å². The first kappa shape index (κ1) is 20.3. The van der Waals surface area contributed by atoms with Crippen molar-refractivity contribution in [3.63, 3.8) is 0 Å². The minimum absolute atomic E-state index is 0.0494. The Bertz CT molecular complexity index is 299. The van der Waals surface area contributed by atoms with E-state index in [2.05, 4.69) is 25.3 Å². The van der Waals surface area contributed by atoms with Crippen LogP contribution in [0.5, 0.6) is 0 Å². The Morgan fingerprint density at radius 2 is 1.42 bits per heavy atom. The maximum Gasteiger partial charge on any atom is 0.336 e. The number of aliphatic hydroxyl groups is 2. The molecule has 0 aliphatic heterocycles. The molecule has 0 rings (SSSR count). The summed E-state index contributed by atoms with van der Waals surface area (Å²) < 4.78 is 0. The highest BCUT2D eigenvalue weighted by Gasteiger charge is 2.40. The lowest BCUT2D eigenvalue weighted by Gasteiger charge is -2.18. The van der Waals surface area contributed by atoms with Crippen molar-refractivity contribution >= 4 is 43.2 Å². The molecular formula is C9H16O8S2. The van der Waals surface area contributed by atoms with Gasteiger partial charge in [-0.1, -0.05) is 0 Å². The Hall–Kier alpha value is -0.970. The van der Waals surface area contributed by atoms with Crippen molar-refractivity contribution in [2.75, 3.05) is 12.4 Å². The van der Waals surface area contributed by atoms with Gasteiger partial charge < -0.3 is 25.5 Å². The van der Waals surface area contributed by atoms with Crippen molar-refractivity contribution in [1.82, 2.24) is 0 Å². The third-order valence-electron chi connectivity index (χ3n) is 1.71. The molecule has 0 amide bonds. The first-order valence-corrected chi connectivity index (χ1v) is 6.03. The van der Waals surface area contributed by atoms with Crippen LogP contribution in [0.25, 0.3) is 0 Å². The van der Waals surface area contributed by atoms with Gasteiger partial charge in [0, 0.05) is 11.0 Å². The largest absolute Gasteiger partial charge is 0.481 e. The molecule has 0 bridgehead atoms. The van der Waals surface area contributed by atoms with E-state index in [0.29, 0.717) is 5.75 Å². The van der Waals surface area contributed by atoms with Crippen LogP contribution in [-0.2, 0) is 14.4 Å². The number of hydrogen-bond donors (Lipinski definition) is 7. The average Bonchev–Trinajstić information content (AvgIpc) is 2.26. The molecule has 10 heteroatoms. The molecule has 19 heavy (non-hydrogen) atoms. The molecule has 1 unspecified atom stereocenters. The van der Waals surface area contributed by atoms with E-state index in [4.69, 9.17) is 25.5 Å². The highest BCUT2D eigenvalue weighted by atomic mass is 32.1. The van der Waals surface area contributed by atoms with Gasteiger partial charge in [-0.05, 0) is 0 Å². The minimum Gasteiger partial charge on any atom is -0.481 e. The van der Waals surface area contributed by atoms with Gasteiger partial charge >= 0.3 is 17.9 Å². The molecule has 5 N–H and O–H groups in total. The van der Waals surface area contributed by atoms with Gasteiger partial charge in [-0.15, -0.1) is 0 Å². The molecule has 0 aliphatic rings. The van der Waals surface area contributed by atoms with Crippen LogP contribution in [0, 0.1) is 0 Å². The van der Waals surface area contributed by atoms with Crippen molar-refractivity contribution in [2.45, 2.75) is 23.7 Å². The summed E-state index contributed by atoms with van der Waals surface area (Å²) in [6.45, 7) is 0.118. The summed E-state index contributed by atoms with van der Waals surface area (Å²) in [7, 11) is 0. The SMILES string of the molecule is O=C(O)CC(O)(CC(=O)O)C(=O)O.OCC(S)CS. The molecule has 0 aromatic carbocycles. The second-order valence-electron chi connectivity index (χ2n) is 3.50. The van der Waals surface area contributed by atoms with Crippen molar-refractivity contribution < 1.29 is 39.9 Å². The molecule has 0 aromatic rings. The number of aliphatic carboxylic acids is 3. The topological polar surface area (TPSA) is 152 Å². The Kier molecular flexibility index (Phi) is 10.6. The van der Waals surface area contributed by atoms with Gasteiger partial charge in [-0.3, -0.25) is 9.59 Å². The van der Waals surface area contributed by atoms with Crippen LogP contribution in [0.2, 0.25) is 0 Å². The molecule has 0 spiro atoms. The fourth-order valence-corrected chi connectivity index (χ4v) is 0.887. The number of carboxylic acid groups (broad SMARTS) is 3. The number of carbonyl (C=O) groups is 3. The summed E-state index contributed by atoms with van der Waals surface area (Å²) in [4.78, 5) is 30.5. The normalized spacial score (nSPS) is 12.0. The van der Waals surface area contributed by atoms with Crippen LogP contribution >= 0.6 is 25.3 Å². The number of rotatable bonds is 7. The summed E-state index contributed by atoms with van der Waals surface area (Å²) in [5.74, 6) is -4.38. The van der Waals surface area contributed by atoms with Gasteiger partial charge in [0.1, 0.15) is 0 Å². The first-order chi connectivity index (χ1) is 8.58. The number of hydrogen-bond acceptors (Lipinski definition) is 7. The number of aliphatic hydroxyl groups excluding tert-OH is 1. The van der Waals surface area contributed by atoms with E-state index in [9.17, 15) is 14.4 Å². The van der Waals surface area contributed by atoms with E-state index in [-0.39, 0.29) is 11.9 Å². The molecule has 0 fully saturated rings. The molecule has 1 atom stereocenters. The second kappa shape index (κ2) is 9.89. The lowest BCUT2D eigenvalue weighted by Crippen LogP contribution is -2.42. The van der Waals surface area contributed by atoms with Crippen molar-refractivity contribution in [3.05, 3.63) is 0 Å². The molecule has 0 aromatic heterocycles. The molecule has 112 valence electrons. The molecule has 0 saturated carbocycles. The van der Waals surface area contributed by atoms with Crippen LogP contribution in [0.1, 0.15) is 12.8 Å². The number of carboxylic acids is 3. The quantitative estimate of drug-likeness (QED) is 0.294. The monoisotopic (exact) mass is 316 g/mol. The fraction of sp³-hybridized carbons (Fsp3) is 0.667. The summed E-state index contributed by atoms with van der Waals surface area (Å²) in [5.41, 5.74) is -2.74. The highest BCUT2D eigenvalue weighted by Crippen LogP contribution is 2.15. The van der Waals surface area contributed by atoms with Gasteiger partial charge in [0.05, 0.1) is 19.4 Å². The van der Waals surface area contributed by atoms with Crippen LogP contribution in [0.3, 0.4) is 0 Å².